The highest BCUT2D eigenvalue weighted by Crippen LogP contribution is 2.42. The Morgan fingerprint density at radius 1 is 1.33 bits per heavy atom. The lowest BCUT2D eigenvalue weighted by molar-refractivity contribution is -0.262. The van der Waals surface area contributed by atoms with Crippen LogP contribution in [0.4, 0.5) is 13.2 Å². The summed E-state index contributed by atoms with van der Waals surface area (Å²) in [4.78, 5) is 3.86. The highest BCUT2D eigenvalue weighted by atomic mass is 19.4. The van der Waals surface area contributed by atoms with Gasteiger partial charge in [-0.15, -0.1) is 5.10 Å². The van der Waals surface area contributed by atoms with E-state index in [4.69, 9.17) is 10.00 Å². The van der Waals surface area contributed by atoms with E-state index in [0.717, 1.165) is 0 Å². The van der Waals surface area contributed by atoms with Crippen molar-refractivity contribution in [1.29, 1.82) is 5.26 Å². The first-order valence-corrected chi connectivity index (χ1v) is 8.36. The third-order valence-electron chi connectivity index (χ3n) is 4.57. The fraction of sp³-hybridized carbons (Fsp3) is 0.588. The van der Waals surface area contributed by atoms with E-state index in [2.05, 4.69) is 16.2 Å². The van der Waals surface area contributed by atoms with Crippen molar-refractivity contribution in [2.45, 2.75) is 52.1 Å². The van der Waals surface area contributed by atoms with Gasteiger partial charge < -0.3 is 14.4 Å². The van der Waals surface area contributed by atoms with Crippen LogP contribution >= 0.6 is 0 Å². The molecule has 2 aromatic heterocycles. The van der Waals surface area contributed by atoms with Crippen molar-refractivity contribution in [1.82, 2.24) is 19.3 Å². The molecule has 0 fully saturated rings. The van der Waals surface area contributed by atoms with Crippen molar-refractivity contribution in [2.24, 2.45) is 5.41 Å². The van der Waals surface area contributed by atoms with Gasteiger partial charge in [0.1, 0.15) is 6.61 Å². The first-order valence-electron chi connectivity index (χ1n) is 8.36. The van der Waals surface area contributed by atoms with Crippen molar-refractivity contribution in [2.75, 3.05) is 6.61 Å². The zero-order valence-electron chi connectivity index (χ0n) is 15.4. The summed E-state index contributed by atoms with van der Waals surface area (Å²) in [5.74, 6) is -0.183. The van der Waals surface area contributed by atoms with Gasteiger partial charge in [0.15, 0.2) is 5.82 Å². The van der Waals surface area contributed by atoms with Gasteiger partial charge in [0, 0.05) is 6.07 Å². The van der Waals surface area contributed by atoms with Gasteiger partial charge in [0.2, 0.25) is 11.5 Å². The predicted octanol–water partition coefficient (Wildman–Crippen LogP) is 3.02. The average molecular weight is 383 g/mol. The van der Waals surface area contributed by atoms with E-state index in [-0.39, 0.29) is 12.5 Å². The number of fused-ring (bicyclic) bond motifs is 3. The highest BCUT2D eigenvalue weighted by molar-refractivity contribution is 5.58. The van der Waals surface area contributed by atoms with Crippen LogP contribution in [0.15, 0.2) is 12.3 Å². The Labute approximate surface area is 154 Å². The van der Waals surface area contributed by atoms with Crippen LogP contribution < -0.4 is 4.74 Å². The predicted molar refractivity (Wildman–Crippen MR) is 88.7 cm³/mol. The summed E-state index contributed by atoms with van der Waals surface area (Å²) >= 11 is 0. The molecule has 1 aliphatic rings. The number of imidazole rings is 1. The topological polar surface area (TPSA) is 88.9 Å². The van der Waals surface area contributed by atoms with Gasteiger partial charge in [0.05, 0.1) is 41.7 Å². The summed E-state index contributed by atoms with van der Waals surface area (Å²) in [7, 11) is 0. The first-order chi connectivity index (χ1) is 12.4. The fourth-order valence-electron chi connectivity index (χ4n) is 2.91. The third kappa shape index (κ3) is 3.16. The van der Waals surface area contributed by atoms with Gasteiger partial charge in [-0.1, -0.05) is 0 Å². The van der Waals surface area contributed by atoms with Crippen molar-refractivity contribution in [3.63, 3.8) is 0 Å². The van der Waals surface area contributed by atoms with Gasteiger partial charge in [0.25, 0.3) is 0 Å². The molecule has 0 radical (unpaired) electrons. The number of aromatic nitrogens is 4. The monoisotopic (exact) mass is 383 g/mol. The molecule has 0 spiro atoms. The van der Waals surface area contributed by atoms with Crippen molar-refractivity contribution >= 4 is 0 Å². The van der Waals surface area contributed by atoms with Crippen LogP contribution in [0.25, 0.3) is 11.4 Å². The van der Waals surface area contributed by atoms with E-state index < -0.39 is 29.1 Å². The minimum atomic E-state index is -4.86. The zero-order valence-corrected chi connectivity index (χ0v) is 15.4. The lowest BCUT2D eigenvalue weighted by Gasteiger charge is -2.31. The molecule has 0 amide bonds. The molecule has 27 heavy (non-hydrogen) atoms. The van der Waals surface area contributed by atoms with E-state index in [9.17, 15) is 18.3 Å². The zero-order chi connectivity index (χ0) is 20.2. The Morgan fingerprint density at radius 3 is 2.59 bits per heavy atom. The summed E-state index contributed by atoms with van der Waals surface area (Å²) < 4.78 is 48.4. The quantitative estimate of drug-likeness (QED) is 0.877. The number of halogens is 3. The number of aliphatic hydroxyl groups is 1. The molecule has 3 rings (SSSR count). The van der Waals surface area contributed by atoms with Crippen LogP contribution in [0.2, 0.25) is 0 Å². The normalized spacial score (nSPS) is 19.0. The largest absolute Gasteiger partial charge is 0.475 e. The molecule has 0 bridgehead atoms. The number of nitriles is 1. The van der Waals surface area contributed by atoms with E-state index in [1.54, 1.807) is 31.5 Å². The van der Waals surface area contributed by atoms with Gasteiger partial charge in [-0.3, -0.25) is 4.68 Å². The molecule has 0 aromatic carbocycles. The standard InChI is InChI=1S/C17H20F3N5O2/c1-10-7-24-11(5-13(23-24)27-9-15(2,3)8-21)12-6-22-14(25(10)12)16(4,26)17(18,19)20/h5-6,10,26H,7,9H2,1-4H3/t10-,16+/m0/s1. The van der Waals surface area contributed by atoms with E-state index in [1.165, 1.54) is 10.8 Å². The Kier molecular flexibility index (Phi) is 4.26. The lowest BCUT2D eigenvalue weighted by Crippen LogP contribution is -2.42. The minimum absolute atomic E-state index is 0.128. The third-order valence-corrected chi connectivity index (χ3v) is 4.57. The molecule has 1 aliphatic heterocycles. The molecule has 3 heterocycles. The second-order valence-corrected chi connectivity index (χ2v) is 7.59. The van der Waals surface area contributed by atoms with Gasteiger partial charge in [-0.2, -0.15) is 18.4 Å². The molecule has 2 aromatic rings. The van der Waals surface area contributed by atoms with Crippen LogP contribution in [-0.2, 0) is 12.1 Å². The molecule has 7 nitrogen and oxygen atoms in total. The van der Waals surface area contributed by atoms with Crippen molar-refractivity contribution in [3.05, 3.63) is 18.1 Å². The summed E-state index contributed by atoms with van der Waals surface area (Å²) in [6, 6.07) is 3.32. The molecule has 10 heteroatoms. The molecule has 0 saturated heterocycles. The van der Waals surface area contributed by atoms with Gasteiger partial charge >= 0.3 is 6.18 Å². The average Bonchev–Trinajstić information content (AvgIpc) is 3.16. The Bertz CT molecular complexity index is 905. The summed E-state index contributed by atoms with van der Waals surface area (Å²) in [6.45, 7) is 6.30. The molecule has 1 N–H and O–H groups in total. The summed E-state index contributed by atoms with van der Waals surface area (Å²) in [5, 5.41) is 23.4. The number of rotatable bonds is 4. The number of hydrogen-bond acceptors (Lipinski definition) is 5. The molecular weight excluding hydrogens is 363 g/mol. The maximum absolute atomic E-state index is 13.3. The van der Waals surface area contributed by atoms with Crippen LogP contribution in [0.3, 0.4) is 0 Å². The molecule has 0 saturated carbocycles. The van der Waals surface area contributed by atoms with E-state index >= 15 is 0 Å². The smallest absolute Gasteiger partial charge is 0.424 e. The number of ether oxygens (including phenoxy) is 1. The highest BCUT2D eigenvalue weighted by Gasteiger charge is 2.55. The second kappa shape index (κ2) is 5.99. The summed E-state index contributed by atoms with van der Waals surface area (Å²) in [6.07, 6.45) is -3.56. The lowest BCUT2D eigenvalue weighted by atomic mass is 9.98. The van der Waals surface area contributed by atoms with Gasteiger partial charge in [-0.05, 0) is 27.7 Å². The van der Waals surface area contributed by atoms with Crippen LogP contribution in [0.1, 0.15) is 39.6 Å². The number of alkyl halides is 3. The minimum Gasteiger partial charge on any atom is -0.475 e. The maximum Gasteiger partial charge on any atom is 0.424 e. The Hall–Kier alpha value is -2.54. The number of nitrogens with zero attached hydrogens (tertiary/aromatic N) is 5. The van der Waals surface area contributed by atoms with E-state index in [1.807, 2.05) is 0 Å². The van der Waals surface area contributed by atoms with Crippen molar-refractivity contribution < 1.29 is 23.0 Å². The maximum atomic E-state index is 13.3. The molecule has 0 unspecified atom stereocenters. The molecule has 0 aliphatic carbocycles. The van der Waals surface area contributed by atoms with Crippen LogP contribution in [-0.4, -0.2) is 37.2 Å². The van der Waals surface area contributed by atoms with Gasteiger partial charge in [-0.25, -0.2) is 4.98 Å². The first kappa shape index (κ1) is 19.2. The van der Waals surface area contributed by atoms with E-state index in [0.29, 0.717) is 24.9 Å². The SMILES string of the molecule is C[C@H]1Cn2nc(OCC(C)(C)C#N)cc2-c2cnc([C@@](C)(O)C(F)(F)F)n21. The second-order valence-electron chi connectivity index (χ2n) is 7.59. The van der Waals surface area contributed by atoms with Crippen LogP contribution in [0, 0.1) is 16.7 Å². The Morgan fingerprint density at radius 2 is 2.00 bits per heavy atom. The molecule has 146 valence electrons. The summed E-state index contributed by atoms with van der Waals surface area (Å²) in [5.41, 5.74) is -2.82. The fourth-order valence-corrected chi connectivity index (χ4v) is 2.91. The number of hydrogen-bond donors (Lipinski definition) is 1. The van der Waals surface area contributed by atoms with Crippen LogP contribution in [0.5, 0.6) is 5.88 Å². The molecular formula is C17H20F3N5O2. The molecule has 2 atom stereocenters. The van der Waals surface area contributed by atoms with Crippen molar-refractivity contribution in [3.8, 4) is 23.3 Å². The Balaban J connectivity index is 1.99.